The molecule has 1 aliphatic carbocycles. The van der Waals surface area contributed by atoms with E-state index in [1.807, 2.05) is 9.47 Å². The van der Waals surface area contributed by atoms with Crippen LogP contribution in [0.3, 0.4) is 0 Å². The molecule has 0 atom stereocenters. The summed E-state index contributed by atoms with van der Waals surface area (Å²) in [5.74, 6) is 0.421. The van der Waals surface area contributed by atoms with Crippen molar-refractivity contribution in [3.63, 3.8) is 0 Å². The smallest absolute Gasteiger partial charge is 0.355 e. The fourth-order valence-corrected chi connectivity index (χ4v) is 6.19. The zero-order chi connectivity index (χ0) is 27.9. The van der Waals surface area contributed by atoms with Crippen molar-refractivity contribution in [1.82, 2.24) is 24.6 Å². The molecule has 3 aliphatic rings. The van der Waals surface area contributed by atoms with E-state index in [2.05, 4.69) is 15.2 Å². The molecule has 1 spiro atoms. The van der Waals surface area contributed by atoms with Crippen LogP contribution in [0.1, 0.15) is 61.9 Å². The van der Waals surface area contributed by atoms with Crippen LogP contribution in [0.15, 0.2) is 30.3 Å². The lowest BCUT2D eigenvalue weighted by molar-refractivity contribution is -0.224. The third-order valence-electron chi connectivity index (χ3n) is 8.38. The molecule has 2 aliphatic heterocycles. The molecule has 0 radical (unpaired) electrons. The van der Waals surface area contributed by atoms with E-state index in [1.54, 1.807) is 18.2 Å². The van der Waals surface area contributed by atoms with E-state index in [9.17, 15) is 26.3 Å². The summed E-state index contributed by atoms with van der Waals surface area (Å²) in [7, 11) is 0. The molecule has 3 aromatic rings. The van der Waals surface area contributed by atoms with Crippen LogP contribution in [0.2, 0.25) is 5.02 Å². The maximum Gasteiger partial charge on any atom is 0.406 e. The number of aromatic nitrogens is 4. The summed E-state index contributed by atoms with van der Waals surface area (Å²) in [6.45, 7) is 3.49. The fraction of sp³-hybridized carbons (Fsp3) is 0.500. The predicted molar refractivity (Wildman–Crippen MR) is 132 cm³/mol. The minimum atomic E-state index is -4.46. The molecular formula is C26H25ClF6N6. The van der Waals surface area contributed by atoms with E-state index in [4.69, 9.17) is 11.6 Å². The SMILES string of the molecule is CC(C)(N1Cc2cc(Cl)ccc2-n2c(nnc2C2CC3(C2)CN(c2ccc(F)c(C(F)F)n2)C3)C1)C(F)(F)F. The second kappa shape index (κ2) is 8.82. The Morgan fingerprint density at radius 2 is 1.74 bits per heavy atom. The molecular weight excluding hydrogens is 546 g/mol. The first-order chi connectivity index (χ1) is 18.3. The number of rotatable bonds is 4. The van der Waals surface area contributed by atoms with Gasteiger partial charge in [0.25, 0.3) is 6.43 Å². The molecule has 0 unspecified atom stereocenters. The van der Waals surface area contributed by atoms with Crippen LogP contribution in [0, 0.1) is 11.2 Å². The molecule has 13 heteroatoms. The third-order valence-corrected chi connectivity index (χ3v) is 8.62. The quantitative estimate of drug-likeness (QED) is 0.338. The molecule has 208 valence electrons. The number of nitrogens with zero attached hydrogens (tertiary/aromatic N) is 6. The van der Waals surface area contributed by atoms with Gasteiger partial charge in [0.1, 0.15) is 22.9 Å². The maximum absolute atomic E-state index is 14.0. The van der Waals surface area contributed by atoms with E-state index in [-0.39, 0.29) is 24.4 Å². The van der Waals surface area contributed by atoms with Crippen molar-refractivity contribution in [2.24, 2.45) is 5.41 Å². The van der Waals surface area contributed by atoms with Crippen LogP contribution in [-0.4, -0.2) is 49.5 Å². The van der Waals surface area contributed by atoms with Gasteiger partial charge in [0.2, 0.25) is 0 Å². The highest BCUT2D eigenvalue weighted by molar-refractivity contribution is 6.30. The molecule has 1 saturated carbocycles. The Morgan fingerprint density at radius 1 is 1.03 bits per heavy atom. The fourth-order valence-electron chi connectivity index (χ4n) is 5.99. The van der Waals surface area contributed by atoms with Gasteiger partial charge in [-0.25, -0.2) is 18.2 Å². The minimum Gasteiger partial charge on any atom is -0.355 e. The molecule has 6 rings (SSSR count). The van der Waals surface area contributed by atoms with Gasteiger partial charge < -0.3 is 4.90 Å². The Bertz CT molecular complexity index is 1420. The van der Waals surface area contributed by atoms with Gasteiger partial charge in [0.05, 0.1) is 12.2 Å². The second-order valence-corrected chi connectivity index (χ2v) is 11.7. The van der Waals surface area contributed by atoms with Crippen LogP contribution in [0.5, 0.6) is 0 Å². The first-order valence-corrected chi connectivity index (χ1v) is 12.9. The van der Waals surface area contributed by atoms with Crippen molar-refractivity contribution >= 4 is 17.4 Å². The summed E-state index contributed by atoms with van der Waals surface area (Å²) in [6, 6.07) is 7.59. The summed E-state index contributed by atoms with van der Waals surface area (Å²) in [6.07, 6.45) is -5.95. The molecule has 1 saturated heterocycles. The number of fused-ring (bicyclic) bond motifs is 3. The molecule has 39 heavy (non-hydrogen) atoms. The van der Waals surface area contributed by atoms with E-state index in [0.717, 1.165) is 32.8 Å². The highest BCUT2D eigenvalue weighted by Gasteiger charge is 2.55. The molecule has 1 aromatic carbocycles. The van der Waals surface area contributed by atoms with Crippen LogP contribution in [0.25, 0.3) is 5.69 Å². The number of halogens is 7. The Hall–Kier alpha value is -2.86. The van der Waals surface area contributed by atoms with Crippen molar-refractivity contribution in [2.75, 3.05) is 18.0 Å². The maximum atomic E-state index is 14.0. The monoisotopic (exact) mass is 570 g/mol. The molecule has 0 amide bonds. The molecule has 2 fully saturated rings. The predicted octanol–water partition coefficient (Wildman–Crippen LogP) is 6.43. The number of anilines is 1. The van der Waals surface area contributed by atoms with E-state index in [1.165, 1.54) is 11.0 Å². The summed E-state index contributed by atoms with van der Waals surface area (Å²) in [5, 5.41) is 9.17. The average Bonchev–Trinajstić information content (AvgIpc) is 3.12. The second-order valence-electron chi connectivity index (χ2n) is 11.3. The third kappa shape index (κ3) is 4.26. The van der Waals surface area contributed by atoms with Gasteiger partial charge >= 0.3 is 6.18 Å². The van der Waals surface area contributed by atoms with E-state index >= 15 is 0 Å². The zero-order valence-corrected chi connectivity index (χ0v) is 21.9. The number of alkyl halides is 5. The van der Waals surface area contributed by atoms with Gasteiger partial charge in [-0.3, -0.25) is 9.47 Å². The summed E-state index contributed by atoms with van der Waals surface area (Å²) >= 11 is 6.23. The molecule has 4 heterocycles. The standard InChI is InChI=1S/C26H25ClF6N6/c1-24(2,26(31,32)33)38-10-14-7-16(27)3-5-18(14)39-20(11-38)35-36-23(39)15-8-25(9-15)12-37(13-25)19-6-4-17(28)21(34-19)22(29)30/h3-7,15,22H,8-13H2,1-2H3. The van der Waals surface area contributed by atoms with Crippen LogP contribution in [-0.2, 0) is 13.1 Å². The van der Waals surface area contributed by atoms with Gasteiger partial charge in [0.15, 0.2) is 11.6 Å². The lowest BCUT2D eigenvalue weighted by Crippen LogP contribution is -2.62. The number of benzene rings is 1. The normalized spacial score (nSPS) is 19.5. The molecule has 6 nitrogen and oxygen atoms in total. The van der Waals surface area contributed by atoms with Crippen molar-refractivity contribution in [1.29, 1.82) is 0 Å². The van der Waals surface area contributed by atoms with Crippen molar-refractivity contribution in [3.05, 3.63) is 64.1 Å². The average molecular weight is 571 g/mol. The van der Waals surface area contributed by atoms with Crippen LogP contribution >= 0.6 is 11.6 Å². The van der Waals surface area contributed by atoms with Gasteiger partial charge in [-0.1, -0.05) is 11.6 Å². The topological polar surface area (TPSA) is 50.1 Å². The van der Waals surface area contributed by atoms with Crippen molar-refractivity contribution < 1.29 is 26.3 Å². The Balaban J connectivity index is 1.24. The zero-order valence-electron chi connectivity index (χ0n) is 21.1. The van der Waals surface area contributed by atoms with Crippen LogP contribution < -0.4 is 4.90 Å². The molecule has 0 N–H and O–H groups in total. The Kier molecular flexibility index (Phi) is 5.96. The van der Waals surface area contributed by atoms with E-state index in [0.29, 0.717) is 46.8 Å². The van der Waals surface area contributed by atoms with Crippen molar-refractivity contribution in [2.45, 2.75) is 63.8 Å². The van der Waals surface area contributed by atoms with Gasteiger partial charge in [-0.15, -0.1) is 10.2 Å². The molecule has 2 aromatic heterocycles. The Labute approximate surface area is 225 Å². The Morgan fingerprint density at radius 3 is 2.41 bits per heavy atom. The summed E-state index contributed by atoms with van der Waals surface area (Å²) in [4.78, 5) is 7.00. The first kappa shape index (κ1) is 26.4. The first-order valence-electron chi connectivity index (χ1n) is 12.5. The molecule has 0 bridgehead atoms. The number of hydrogen-bond acceptors (Lipinski definition) is 5. The van der Waals surface area contributed by atoms with Gasteiger partial charge in [0, 0.05) is 36.0 Å². The summed E-state index contributed by atoms with van der Waals surface area (Å²) in [5.41, 5.74) is -1.66. The minimum absolute atomic E-state index is 0.0249. The largest absolute Gasteiger partial charge is 0.406 e. The van der Waals surface area contributed by atoms with Gasteiger partial charge in [-0.2, -0.15) is 13.2 Å². The van der Waals surface area contributed by atoms with Crippen molar-refractivity contribution in [3.8, 4) is 5.69 Å². The van der Waals surface area contributed by atoms with E-state index < -0.39 is 29.7 Å². The van der Waals surface area contributed by atoms with Gasteiger partial charge in [-0.05, 0) is 62.6 Å². The number of pyridine rings is 1. The van der Waals surface area contributed by atoms with Crippen LogP contribution in [0.4, 0.5) is 32.2 Å². The lowest BCUT2D eigenvalue weighted by Gasteiger charge is -2.59. The highest BCUT2D eigenvalue weighted by atomic mass is 35.5. The lowest BCUT2D eigenvalue weighted by atomic mass is 9.57. The number of hydrogen-bond donors (Lipinski definition) is 0. The highest BCUT2D eigenvalue weighted by Crippen LogP contribution is 2.57. The summed E-state index contributed by atoms with van der Waals surface area (Å²) < 4.78 is 83.6.